The first kappa shape index (κ1) is 36.3. The van der Waals surface area contributed by atoms with Gasteiger partial charge in [0.2, 0.25) is 27.7 Å². The maximum Gasteiger partial charge on any atom is 0.408 e. The molecule has 4 bridgehead atoms. The molecule has 1 aromatic carbocycles. The zero-order chi connectivity index (χ0) is 36.9. The maximum atomic E-state index is 14.5. The van der Waals surface area contributed by atoms with Gasteiger partial charge >= 0.3 is 6.09 Å². The van der Waals surface area contributed by atoms with E-state index < -0.39 is 79.7 Å². The summed E-state index contributed by atoms with van der Waals surface area (Å²) < 4.78 is 39.8. The Balaban J connectivity index is 1.35. The second kappa shape index (κ2) is 13.3. The molecule has 2 saturated carbocycles. The molecule has 1 saturated heterocycles. The maximum absolute atomic E-state index is 14.5. The van der Waals surface area contributed by atoms with Crippen LogP contribution in [0.4, 0.5) is 4.79 Å². The van der Waals surface area contributed by atoms with Gasteiger partial charge in [-0.15, -0.1) is 6.58 Å². The third-order valence-electron chi connectivity index (χ3n) is 10.1. The molecular formula is C37H47N5O8S. The Morgan fingerprint density at radius 1 is 1.16 bits per heavy atom. The van der Waals surface area contributed by atoms with Crippen LogP contribution in [-0.2, 0) is 29.1 Å². The van der Waals surface area contributed by atoms with E-state index in [-0.39, 0.29) is 19.4 Å². The first-order valence-corrected chi connectivity index (χ1v) is 19.0. The fourth-order valence-electron chi connectivity index (χ4n) is 6.82. The summed E-state index contributed by atoms with van der Waals surface area (Å²) in [7, 11) is -3.89. The zero-order valence-electron chi connectivity index (χ0n) is 29.7. The number of nitrogens with zero attached hydrogens (tertiary/aromatic N) is 2. The molecule has 13 nitrogen and oxygen atoms in total. The minimum absolute atomic E-state index is 0.0243. The third-order valence-corrected chi connectivity index (χ3v) is 11.9. The summed E-state index contributed by atoms with van der Waals surface area (Å²) in [6, 6.07) is 5.55. The van der Waals surface area contributed by atoms with E-state index >= 15 is 0 Å². The van der Waals surface area contributed by atoms with E-state index in [0.29, 0.717) is 31.6 Å². The van der Waals surface area contributed by atoms with Crippen LogP contribution < -0.4 is 20.1 Å². The Morgan fingerprint density at radius 2 is 1.90 bits per heavy atom. The number of sulfonamides is 1. The van der Waals surface area contributed by atoms with Crippen LogP contribution in [0.25, 0.3) is 16.8 Å². The standard InChI is InChI=1S/C37H47N5O8S/c1-7-24-20-37(24,33(45)41-51(47,48)26-13-14-26)40-30(43)28-19-25-21-42(28)32(44)29(35(2,3)4)39-34(46)50-36(5,6)16-9-8-10-22-11-12-23-15-17-38-31(49-25)27(23)18-22/h7-8,10-12,15,17-18,24-26,28-29H,1,9,13-14,16,19-21H2,2-6H3,(H,39,46)(H,40,43)(H,41,45)/b10-8+/t24-,25-,28+,29-,37?/m1/s1. The highest BCUT2D eigenvalue weighted by Gasteiger charge is 2.62. The molecule has 4 aliphatic rings. The highest BCUT2D eigenvalue weighted by Crippen LogP contribution is 2.45. The van der Waals surface area contributed by atoms with Crippen molar-refractivity contribution in [2.24, 2.45) is 11.3 Å². The number of benzene rings is 1. The van der Waals surface area contributed by atoms with Gasteiger partial charge in [-0.1, -0.05) is 51.1 Å². The van der Waals surface area contributed by atoms with E-state index in [4.69, 9.17) is 9.47 Å². The summed E-state index contributed by atoms with van der Waals surface area (Å²) in [6.07, 6.45) is 7.94. The Bertz CT molecular complexity index is 1900. The van der Waals surface area contributed by atoms with Crippen LogP contribution in [0.2, 0.25) is 0 Å². The first-order valence-electron chi connectivity index (χ1n) is 17.4. The Morgan fingerprint density at radius 3 is 2.57 bits per heavy atom. The van der Waals surface area contributed by atoms with Crippen LogP contribution >= 0.6 is 0 Å². The van der Waals surface area contributed by atoms with Gasteiger partial charge in [-0.05, 0) is 74.4 Å². The number of fused-ring (bicyclic) bond motifs is 3. The lowest BCUT2D eigenvalue weighted by Crippen LogP contribution is -2.60. The highest BCUT2D eigenvalue weighted by molar-refractivity contribution is 7.91. The van der Waals surface area contributed by atoms with Gasteiger partial charge < -0.3 is 25.0 Å². The summed E-state index contributed by atoms with van der Waals surface area (Å²) in [5.74, 6) is -2.20. The lowest BCUT2D eigenvalue weighted by atomic mass is 9.85. The van der Waals surface area contributed by atoms with Crippen molar-refractivity contribution in [1.82, 2.24) is 25.2 Å². The quantitative estimate of drug-likeness (QED) is 0.373. The number of carbonyl (C=O) groups excluding carboxylic acids is 4. The molecule has 1 unspecified atom stereocenters. The van der Waals surface area contributed by atoms with Crippen molar-refractivity contribution < 1.29 is 37.1 Å². The van der Waals surface area contributed by atoms with Gasteiger partial charge in [0.25, 0.3) is 5.91 Å². The van der Waals surface area contributed by atoms with Crippen molar-refractivity contribution in [3.05, 3.63) is 54.8 Å². The van der Waals surface area contributed by atoms with Crippen molar-refractivity contribution in [2.75, 3.05) is 6.54 Å². The van der Waals surface area contributed by atoms with E-state index in [9.17, 15) is 27.6 Å². The third kappa shape index (κ3) is 7.75. The minimum Gasteiger partial charge on any atom is -0.472 e. The smallest absolute Gasteiger partial charge is 0.408 e. The van der Waals surface area contributed by atoms with Crippen LogP contribution in [0.5, 0.6) is 5.88 Å². The topological polar surface area (TPSA) is 173 Å². The van der Waals surface area contributed by atoms with Crippen LogP contribution in [-0.4, -0.2) is 83.2 Å². The number of carbonyl (C=O) groups is 4. The summed E-state index contributed by atoms with van der Waals surface area (Å²) in [5.41, 5.74) is -2.28. The number of cyclic esters (lactones) is 1. The molecular weight excluding hydrogens is 675 g/mol. The number of aromatic nitrogens is 1. The van der Waals surface area contributed by atoms with Gasteiger partial charge in [-0.3, -0.25) is 19.1 Å². The SMILES string of the molecule is C=C[C@@H]1CC1(NC(=O)[C@@H]1C[C@@H]2CN1C(=O)[C@H](C(C)(C)C)NC(=O)OC(C)(C)CC/C=C/c1ccc3ccnc(c3c1)O2)C(=O)NS(=O)(=O)C1CC1. The van der Waals surface area contributed by atoms with Gasteiger partial charge in [-0.25, -0.2) is 18.2 Å². The van der Waals surface area contributed by atoms with Crippen molar-refractivity contribution >= 4 is 50.7 Å². The molecule has 2 aromatic rings. The molecule has 3 heterocycles. The van der Waals surface area contributed by atoms with Gasteiger partial charge in [-0.2, -0.15) is 0 Å². The lowest BCUT2D eigenvalue weighted by Gasteiger charge is -2.36. The van der Waals surface area contributed by atoms with Gasteiger partial charge in [0.15, 0.2) is 0 Å². The van der Waals surface area contributed by atoms with Crippen LogP contribution in [0.15, 0.2) is 49.2 Å². The molecule has 6 rings (SSSR count). The Hall–Kier alpha value is -4.46. The number of hydrogen-bond acceptors (Lipinski definition) is 9. The predicted molar refractivity (Wildman–Crippen MR) is 191 cm³/mol. The predicted octanol–water partition coefficient (Wildman–Crippen LogP) is 3.98. The van der Waals surface area contributed by atoms with E-state index in [0.717, 1.165) is 16.3 Å². The average molecular weight is 722 g/mol. The number of amides is 4. The molecule has 1 aromatic heterocycles. The minimum atomic E-state index is -3.89. The van der Waals surface area contributed by atoms with Gasteiger partial charge in [0.05, 0.1) is 11.8 Å². The normalized spacial score (nSPS) is 28.8. The molecule has 0 radical (unpaired) electrons. The molecule has 0 spiro atoms. The molecule has 4 amide bonds. The van der Waals surface area contributed by atoms with E-state index in [2.05, 4.69) is 26.9 Å². The van der Waals surface area contributed by atoms with Crippen LogP contribution in [0.1, 0.15) is 78.7 Å². The first-order chi connectivity index (χ1) is 23.9. The second-order valence-corrected chi connectivity index (χ2v) is 17.8. The molecule has 2 aliphatic heterocycles. The monoisotopic (exact) mass is 721 g/mol. The summed E-state index contributed by atoms with van der Waals surface area (Å²) in [5, 5.41) is 6.59. The Kier molecular flexibility index (Phi) is 9.45. The molecule has 3 fully saturated rings. The largest absolute Gasteiger partial charge is 0.472 e. The van der Waals surface area contributed by atoms with E-state index in [1.54, 1.807) is 40.8 Å². The second-order valence-electron chi connectivity index (χ2n) is 15.8. The number of ether oxygens (including phenoxy) is 2. The number of nitrogens with one attached hydrogen (secondary N) is 3. The highest BCUT2D eigenvalue weighted by atomic mass is 32.2. The van der Waals surface area contributed by atoms with Crippen molar-refractivity contribution in [1.29, 1.82) is 0 Å². The number of rotatable bonds is 6. The van der Waals surface area contributed by atoms with Crippen LogP contribution in [0, 0.1) is 11.3 Å². The molecule has 51 heavy (non-hydrogen) atoms. The number of hydrogen-bond donors (Lipinski definition) is 3. The number of allylic oxidation sites excluding steroid dienone is 1. The molecule has 3 N–H and O–H groups in total. The number of alkyl carbamates (subject to hydrolysis) is 1. The lowest BCUT2D eigenvalue weighted by molar-refractivity contribution is -0.143. The van der Waals surface area contributed by atoms with E-state index in [1.165, 1.54) is 11.0 Å². The van der Waals surface area contributed by atoms with Crippen molar-refractivity contribution in [3.63, 3.8) is 0 Å². The summed E-state index contributed by atoms with van der Waals surface area (Å²) >= 11 is 0. The molecule has 2 aliphatic carbocycles. The number of pyridine rings is 1. The molecule has 14 heteroatoms. The van der Waals surface area contributed by atoms with E-state index in [1.807, 2.05) is 36.4 Å². The molecule has 274 valence electrons. The molecule has 5 atom stereocenters. The Labute approximate surface area is 298 Å². The van der Waals surface area contributed by atoms with Gasteiger partial charge in [0.1, 0.15) is 29.3 Å². The average Bonchev–Trinajstić information content (AvgIpc) is 3.97. The summed E-state index contributed by atoms with van der Waals surface area (Å²) in [6.45, 7) is 12.8. The van der Waals surface area contributed by atoms with Gasteiger partial charge in [0, 0.05) is 23.9 Å². The fraction of sp³-hybridized carbons (Fsp3) is 0.541. The zero-order valence-corrected chi connectivity index (χ0v) is 30.5. The van der Waals surface area contributed by atoms with Crippen molar-refractivity contribution in [2.45, 2.75) is 108 Å². The summed E-state index contributed by atoms with van der Waals surface area (Å²) in [4.78, 5) is 61.4. The van der Waals surface area contributed by atoms with Crippen molar-refractivity contribution in [3.8, 4) is 5.88 Å². The fourth-order valence-corrected chi connectivity index (χ4v) is 8.19. The van der Waals surface area contributed by atoms with Crippen LogP contribution in [0.3, 0.4) is 0 Å².